The third kappa shape index (κ3) is 3.65. The fourth-order valence-corrected chi connectivity index (χ4v) is 3.49. The van der Waals surface area contributed by atoms with E-state index in [1.54, 1.807) is 17.4 Å². The van der Waals surface area contributed by atoms with Gasteiger partial charge in [-0.2, -0.15) is 0 Å². The Bertz CT molecular complexity index is 557. The molecule has 1 atom stereocenters. The van der Waals surface area contributed by atoms with E-state index in [0.717, 1.165) is 24.9 Å². The monoisotopic (exact) mass is 359 g/mol. The largest absolute Gasteiger partial charge is 0.310 e. The van der Waals surface area contributed by atoms with Gasteiger partial charge in [0.15, 0.2) is 11.6 Å². The van der Waals surface area contributed by atoms with Crippen molar-refractivity contribution in [2.24, 2.45) is 0 Å². The summed E-state index contributed by atoms with van der Waals surface area (Å²) in [4.78, 5) is 1.30. The lowest BCUT2D eigenvalue weighted by molar-refractivity contribution is 0.483. The molecule has 0 fully saturated rings. The lowest BCUT2D eigenvalue weighted by Crippen LogP contribution is -2.22. The van der Waals surface area contributed by atoms with Crippen molar-refractivity contribution < 1.29 is 8.78 Å². The Kier molecular flexibility index (Phi) is 5.69. The summed E-state index contributed by atoms with van der Waals surface area (Å²) in [6, 6.07) is 6.95. The molecule has 1 unspecified atom stereocenters. The number of nitrogens with one attached hydrogen (secondary N) is 1. The van der Waals surface area contributed by atoms with Crippen molar-refractivity contribution in [1.29, 1.82) is 0 Å². The van der Waals surface area contributed by atoms with Gasteiger partial charge in [-0.3, -0.25) is 0 Å². The molecule has 1 N–H and O–H groups in total. The summed E-state index contributed by atoms with van der Waals surface area (Å²) >= 11 is 4.88. The average Bonchev–Trinajstić information content (AvgIpc) is 2.95. The first-order chi connectivity index (χ1) is 9.63. The van der Waals surface area contributed by atoms with Crippen LogP contribution in [-0.2, 0) is 6.42 Å². The van der Waals surface area contributed by atoms with Crippen LogP contribution in [0.1, 0.15) is 29.8 Å². The summed E-state index contributed by atoms with van der Waals surface area (Å²) in [7, 11) is 0. The molecule has 2 rings (SSSR count). The van der Waals surface area contributed by atoms with Crippen molar-refractivity contribution in [3.63, 3.8) is 0 Å². The second kappa shape index (κ2) is 7.29. The standard InChI is InChI=1S/C15H16BrF2NS/c1-2-19-13(8-5-10-4-3-9-20-10)11-6-7-12(17)15(18)14(11)16/h3-4,6-7,9,13,19H,2,5,8H2,1H3. The molecule has 0 aliphatic rings. The van der Waals surface area contributed by atoms with Crippen LogP contribution in [0, 0.1) is 11.6 Å². The molecule has 1 aromatic heterocycles. The van der Waals surface area contributed by atoms with Crippen molar-refractivity contribution in [1.82, 2.24) is 5.32 Å². The van der Waals surface area contributed by atoms with Crippen LogP contribution in [-0.4, -0.2) is 6.54 Å². The number of benzene rings is 1. The van der Waals surface area contributed by atoms with E-state index in [1.165, 1.54) is 10.9 Å². The van der Waals surface area contributed by atoms with E-state index in [2.05, 4.69) is 27.3 Å². The third-order valence-electron chi connectivity index (χ3n) is 3.15. The van der Waals surface area contributed by atoms with Gasteiger partial charge in [0.05, 0.1) is 4.47 Å². The summed E-state index contributed by atoms with van der Waals surface area (Å²) in [5.41, 5.74) is 0.766. The van der Waals surface area contributed by atoms with Gasteiger partial charge >= 0.3 is 0 Å². The molecule has 0 radical (unpaired) electrons. The topological polar surface area (TPSA) is 12.0 Å². The Morgan fingerprint density at radius 2 is 2.10 bits per heavy atom. The molecule has 108 valence electrons. The zero-order valence-electron chi connectivity index (χ0n) is 11.1. The van der Waals surface area contributed by atoms with Crippen LogP contribution in [0.2, 0.25) is 0 Å². The second-order valence-corrected chi connectivity index (χ2v) is 6.32. The Morgan fingerprint density at radius 1 is 1.30 bits per heavy atom. The molecule has 1 heterocycles. The zero-order chi connectivity index (χ0) is 14.5. The van der Waals surface area contributed by atoms with E-state index < -0.39 is 11.6 Å². The Labute approximate surface area is 130 Å². The maximum atomic E-state index is 13.7. The molecule has 1 nitrogen and oxygen atoms in total. The molecule has 0 bridgehead atoms. The SMILES string of the molecule is CCNC(CCc1cccs1)c1ccc(F)c(F)c1Br. The van der Waals surface area contributed by atoms with Crippen LogP contribution in [0.5, 0.6) is 0 Å². The summed E-state index contributed by atoms with van der Waals surface area (Å²) in [5, 5.41) is 5.38. The predicted octanol–water partition coefficient (Wildman–Crippen LogP) is 5.07. The minimum atomic E-state index is -0.825. The normalized spacial score (nSPS) is 12.6. The highest BCUT2D eigenvalue weighted by atomic mass is 79.9. The maximum Gasteiger partial charge on any atom is 0.173 e. The number of hydrogen-bond acceptors (Lipinski definition) is 2. The molecule has 0 saturated carbocycles. The van der Waals surface area contributed by atoms with Crippen molar-refractivity contribution in [3.8, 4) is 0 Å². The lowest BCUT2D eigenvalue weighted by Gasteiger charge is -2.20. The molecule has 0 aliphatic carbocycles. The zero-order valence-corrected chi connectivity index (χ0v) is 13.5. The number of halogens is 3. The number of rotatable bonds is 6. The first-order valence-electron chi connectivity index (χ1n) is 6.52. The van der Waals surface area contributed by atoms with Gasteiger partial charge in [0.2, 0.25) is 0 Å². The average molecular weight is 360 g/mol. The van der Waals surface area contributed by atoms with Crippen LogP contribution in [0.15, 0.2) is 34.1 Å². The van der Waals surface area contributed by atoms with Gasteiger partial charge in [0.1, 0.15) is 0 Å². The van der Waals surface area contributed by atoms with E-state index >= 15 is 0 Å². The molecular weight excluding hydrogens is 344 g/mol. The fraction of sp³-hybridized carbons (Fsp3) is 0.333. The Balaban J connectivity index is 2.17. The highest BCUT2D eigenvalue weighted by Gasteiger charge is 2.18. The van der Waals surface area contributed by atoms with E-state index in [1.807, 2.05) is 18.4 Å². The number of aryl methyl sites for hydroxylation is 1. The molecule has 20 heavy (non-hydrogen) atoms. The van der Waals surface area contributed by atoms with Gasteiger partial charge in [0, 0.05) is 10.9 Å². The summed E-state index contributed by atoms with van der Waals surface area (Å²) < 4.78 is 27.1. The summed E-state index contributed by atoms with van der Waals surface area (Å²) in [6.45, 7) is 2.78. The molecule has 1 aromatic carbocycles. The van der Waals surface area contributed by atoms with Gasteiger partial charge < -0.3 is 5.32 Å². The molecule has 0 aliphatic heterocycles. The highest BCUT2D eigenvalue weighted by molar-refractivity contribution is 9.10. The maximum absolute atomic E-state index is 13.7. The molecule has 2 aromatic rings. The number of thiophene rings is 1. The third-order valence-corrected chi connectivity index (χ3v) is 4.89. The molecule has 0 amide bonds. The molecule has 0 saturated heterocycles. The fourth-order valence-electron chi connectivity index (χ4n) is 2.17. The van der Waals surface area contributed by atoms with E-state index in [9.17, 15) is 8.78 Å². The molecular formula is C15H16BrF2NS. The lowest BCUT2D eigenvalue weighted by atomic mass is 10.0. The highest BCUT2D eigenvalue weighted by Crippen LogP contribution is 2.30. The Hall–Kier alpha value is -0.780. The predicted molar refractivity (Wildman–Crippen MR) is 83.1 cm³/mol. The van der Waals surface area contributed by atoms with Gasteiger partial charge in [0.25, 0.3) is 0 Å². The van der Waals surface area contributed by atoms with Gasteiger partial charge in [-0.05, 0) is 58.4 Å². The summed E-state index contributed by atoms with van der Waals surface area (Å²) in [5.74, 6) is -1.64. The van der Waals surface area contributed by atoms with Crippen LogP contribution < -0.4 is 5.32 Å². The molecule has 5 heteroatoms. The first-order valence-corrected chi connectivity index (χ1v) is 8.20. The van der Waals surface area contributed by atoms with Crippen LogP contribution >= 0.6 is 27.3 Å². The van der Waals surface area contributed by atoms with E-state index in [4.69, 9.17) is 0 Å². The van der Waals surface area contributed by atoms with Crippen LogP contribution in [0.3, 0.4) is 0 Å². The summed E-state index contributed by atoms with van der Waals surface area (Å²) in [6.07, 6.45) is 1.76. The quantitative estimate of drug-likeness (QED) is 0.709. The van der Waals surface area contributed by atoms with Crippen molar-refractivity contribution in [2.45, 2.75) is 25.8 Å². The van der Waals surface area contributed by atoms with Crippen LogP contribution in [0.25, 0.3) is 0 Å². The number of hydrogen-bond donors (Lipinski definition) is 1. The van der Waals surface area contributed by atoms with Crippen molar-refractivity contribution in [2.75, 3.05) is 6.54 Å². The van der Waals surface area contributed by atoms with Crippen LogP contribution in [0.4, 0.5) is 8.78 Å². The van der Waals surface area contributed by atoms with Crippen molar-refractivity contribution in [3.05, 3.63) is 56.2 Å². The minimum Gasteiger partial charge on any atom is -0.310 e. The van der Waals surface area contributed by atoms with E-state index in [-0.39, 0.29) is 10.5 Å². The first kappa shape index (κ1) is 15.6. The molecule has 0 spiro atoms. The van der Waals surface area contributed by atoms with Gasteiger partial charge in [-0.15, -0.1) is 11.3 Å². The van der Waals surface area contributed by atoms with Gasteiger partial charge in [-0.1, -0.05) is 19.1 Å². The van der Waals surface area contributed by atoms with Crippen molar-refractivity contribution >= 4 is 27.3 Å². The second-order valence-electron chi connectivity index (χ2n) is 4.49. The van der Waals surface area contributed by atoms with E-state index in [0.29, 0.717) is 0 Å². The minimum absolute atomic E-state index is 0.00609. The Morgan fingerprint density at radius 3 is 2.75 bits per heavy atom. The van der Waals surface area contributed by atoms with Gasteiger partial charge in [-0.25, -0.2) is 8.78 Å². The smallest absolute Gasteiger partial charge is 0.173 e.